The van der Waals surface area contributed by atoms with Crippen molar-refractivity contribution in [3.63, 3.8) is 0 Å². The molecule has 0 fully saturated rings. The summed E-state index contributed by atoms with van der Waals surface area (Å²) < 4.78 is 5.11. The van der Waals surface area contributed by atoms with Crippen molar-refractivity contribution in [3.8, 4) is 11.8 Å². The summed E-state index contributed by atoms with van der Waals surface area (Å²) in [4.78, 5) is 22.9. The number of anilines is 1. The molecule has 126 valence electrons. The fourth-order valence-corrected chi connectivity index (χ4v) is 2.07. The van der Waals surface area contributed by atoms with Crippen molar-refractivity contribution < 1.29 is 19.4 Å². The number of nitrogens with zero attached hydrogens (tertiary/aromatic N) is 1. The van der Waals surface area contributed by atoms with Crippen LogP contribution in [0.15, 0.2) is 54.1 Å². The van der Waals surface area contributed by atoms with Crippen LogP contribution in [0.25, 0.3) is 6.08 Å². The summed E-state index contributed by atoms with van der Waals surface area (Å²) in [7, 11) is 0. The van der Waals surface area contributed by atoms with Gasteiger partial charge in [0.25, 0.3) is 5.91 Å². The molecule has 0 saturated heterocycles. The summed E-state index contributed by atoms with van der Waals surface area (Å²) in [5.41, 5.74) is 1.76. The number of benzene rings is 2. The van der Waals surface area contributed by atoms with Gasteiger partial charge in [0.1, 0.15) is 24.0 Å². The first-order valence-electron chi connectivity index (χ1n) is 7.41. The van der Waals surface area contributed by atoms with Crippen molar-refractivity contribution >= 4 is 23.6 Å². The van der Waals surface area contributed by atoms with E-state index < -0.39 is 18.5 Å². The van der Waals surface area contributed by atoms with E-state index >= 15 is 0 Å². The van der Waals surface area contributed by atoms with Crippen LogP contribution in [-0.4, -0.2) is 18.5 Å². The Bertz CT molecular complexity index is 866. The van der Waals surface area contributed by atoms with Gasteiger partial charge in [-0.1, -0.05) is 36.4 Å². The van der Waals surface area contributed by atoms with Crippen LogP contribution in [0, 0.1) is 18.3 Å². The minimum absolute atomic E-state index is 0.132. The molecule has 0 saturated carbocycles. The number of aryl methyl sites for hydroxylation is 1. The number of nitriles is 1. The summed E-state index contributed by atoms with van der Waals surface area (Å²) in [6.45, 7) is 1.22. The van der Waals surface area contributed by atoms with Crippen LogP contribution in [0.5, 0.6) is 5.75 Å². The lowest BCUT2D eigenvalue weighted by Crippen LogP contribution is -2.29. The van der Waals surface area contributed by atoms with Crippen molar-refractivity contribution in [2.45, 2.75) is 6.92 Å². The van der Waals surface area contributed by atoms with E-state index in [0.29, 0.717) is 11.3 Å². The van der Waals surface area contributed by atoms with Crippen LogP contribution in [0.3, 0.4) is 0 Å². The lowest BCUT2D eigenvalue weighted by Gasteiger charge is -2.10. The SMILES string of the molecule is Cc1ccccc1NC(=O)/C(C#N)=C/c1ccccc1OCC(=O)[O-]. The lowest BCUT2D eigenvalue weighted by molar-refractivity contribution is -0.307. The number of carbonyl (C=O) groups is 2. The first-order chi connectivity index (χ1) is 12.0. The number of ether oxygens (including phenoxy) is 1. The van der Waals surface area contributed by atoms with Crippen LogP contribution in [0.1, 0.15) is 11.1 Å². The molecule has 0 heterocycles. The second-order valence-electron chi connectivity index (χ2n) is 5.14. The predicted octanol–water partition coefficient (Wildman–Crippen LogP) is 1.67. The van der Waals surface area contributed by atoms with E-state index in [9.17, 15) is 20.0 Å². The number of carboxylic acid groups (broad SMARTS) is 1. The Hall–Kier alpha value is -3.59. The zero-order valence-corrected chi connectivity index (χ0v) is 13.5. The molecule has 2 rings (SSSR count). The number of para-hydroxylation sites is 2. The zero-order chi connectivity index (χ0) is 18.2. The van der Waals surface area contributed by atoms with E-state index in [-0.39, 0.29) is 11.3 Å². The molecule has 0 unspecified atom stereocenters. The van der Waals surface area contributed by atoms with Crippen LogP contribution in [0.4, 0.5) is 5.69 Å². The molecular weight excluding hydrogens is 320 g/mol. The Balaban J connectivity index is 2.25. The fourth-order valence-electron chi connectivity index (χ4n) is 2.07. The van der Waals surface area contributed by atoms with Crippen LogP contribution in [0.2, 0.25) is 0 Å². The number of carbonyl (C=O) groups excluding carboxylic acids is 2. The number of rotatable bonds is 6. The third kappa shape index (κ3) is 4.94. The van der Waals surface area contributed by atoms with E-state index in [1.54, 1.807) is 36.4 Å². The monoisotopic (exact) mass is 335 g/mol. The van der Waals surface area contributed by atoms with Crippen molar-refractivity contribution in [1.29, 1.82) is 5.26 Å². The molecule has 0 bridgehead atoms. The van der Waals surface area contributed by atoms with Gasteiger partial charge in [0.2, 0.25) is 0 Å². The Morgan fingerprint density at radius 3 is 2.56 bits per heavy atom. The molecule has 0 radical (unpaired) electrons. The smallest absolute Gasteiger partial charge is 0.266 e. The number of carboxylic acids is 1. The highest BCUT2D eigenvalue weighted by molar-refractivity contribution is 6.10. The summed E-state index contributed by atoms with van der Waals surface area (Å²) in [6, 6.07) is 15.5. The molecule has 25 heavy (non-hydrogen) atoms. The third-order valence-electron chi connectivity index (χ3n) is 3.32. The molecule has 2 aromatic rings. The maximum atomic E-state index is 12.3. The van der Waals surface area contributed by atoms with Crippen molar-refractivity contribution in [2.75, 3.05) is 11.9 Å². The first-order valence-corrected chi connectivity index (χ1v) is 7.41. The summed E-state index contributed by atoms with van der Waals surface area (Å²) in [5, 5.41) is 22.5. The summed E-state index contributed by atoms with van der Waals surface area (Å²) in [6.07, 6.45) is 1.35. The van der Waals surface area contributed by atoms with E-state index in [1.807, 2.05) is 25.1 Å². The van der Waals surface area contributed by atoms with Crippen molar-refractivity contribution in [1.82, 2.24) is 0 Å². The molecule has 1 amide bonds. The molecule has 0 aliphatic rings. The average Bonchev–Trinajstić information content (AvgIpc) is 2.60. The highest BCUT2D eigenvalue weighted by Gasteiger charge is 2.12. The topological polar surface area (TPSA) is 102 Å². The quantitative estimate of drug-likeness (QED) is 0.639. The average molecular weight is 335 g/mol. The Kier molecular flexibility index (Phi) is 5.91. The predicted molar refractivity (Wildman–Crippen MR) is 90.3 cm³/mol. The molecule has 6 nitrogen and oxygen atoms in total. The molecule has 0 aliphatic carbocycles. The minimum Gasteiger partial charge on any atom is -0.546 e. The van der Waals surface area contributed by atoms with Gasteiger partial charge in [-0.15, -0.1) is 0 Å². The molecule has 2 aromatic carbocycles. The van der Waals surface area contributed by atoms with Gasteiger partial charge >= 0.3 is 0 Å². The van der Waals surface area contributed by atoms with Gasteiger partial charge < -0.3 is 20.0 Å². The molecule has 0 spiro atoms. The first kappa shape index (κ1) is 17.8. The number of aliphatic carboxylic acids is 1. The highest BCUT2D eigenvalue weighted by atomic mass is 16.5. The molecule has 0 atom stereocenters. The minimum atomic E-state index is -1.36. The maximum Gasteiger partial charge on any atom is 0.266 e. The molecule has 0 aromatic heterocycles. The molecule has 0 aliphatic heterocycles. The fraction of sp³-hybridized carbons (Fsp3) is 0.105. The number of nitrogens with one attached hydrogen (secondary N) is 1. The van der Waals surface area contributed by atoms with Gasteiger partial charge in [-0.05, 0) is 30.7 Å². The second-order valence-corrected chi connectivity index (χ2v) is 5.14. The molecule has 1 N–H and O–H groups in total. The number of hydrogen-bond donors (Lipinski definition) is 1. The maximum absolute atomic E-state index is 12.3. The Labute approximate surface area is 145 Å². The van der Waals surface area contributed by atoms with Crippen molar-refractivity contribution in [2.24, 2.45) is 0 Å². The van der Waals surface area contributed by atoms with E-state index in [4.69, 9.17) is 4.74 Å². The van der Waals surface area contributed by atoms with E-state index in [2.05, 4.69) is 5.32 Å². The van der Waals surface area contributed by atoms with Gasteiger partial charge in [-0.2, -0.15) is 5.26 Å². The molecule has 6 heteroatoms. The lowest BCUT2D eigenvalue weighted by atomic mass is 10.1. The number of amides is 1. The van der Waals surface area contributed by atoms with Gasteiger partial charge in [0, 0.05) is 11.3 Å². The van der Waals surface area contributed by atoms with Crippen LogP contribution >= 0.6 is 0 Å². The summed E-state index contributed by atoms with van der Waals surface area (Å²) >= 11 is 0. The van der Waals surface area contributed by atoms with E-state index in [1.165, 1.54) is 6.08 Å². The number of hydrogen-bond acceptors (Lipinski definition) is 5. The second kappa shape index (κ2) is 8.31. The standard InChI is InChI=1S/C19H16N2O4/c1-13-6-2-4-8-16(13)21-19(24)15(11-20)10-14-7-3-5-9-17(14)25-12-18(22)23/h2-10H,12H2,1H3,(H,21,24)(H,22,23)/p-1/b15-10+. The molecular formula is C19H15N2O4-. The third-order valence-corrected chi connectivity index (χ3v) is 3.32. The normalized spacial score (nSPS) is 10.6. The Morgan fingerprint density at radius 2 is 1.88 bits per heavy atom. The Morgan fingerprint density at radius 1 is 1.20 bits per heavy atom. The zero-order valence-electron chi connectivity index (χ0n) is 13.5. The largest absolute Gasteiger partial charge is 0.546 e. The summed E-state index contributed by atoms with van der Waals surface area (Å²) in [5.74, 6) is -1.69. The highest BCUT2D eigenvalue weighted by Crippen LogP contribution is 2.22. The van der Waals surface area contributed by atoms with Crippen molar-refractivity contribution in [3.05, 3.63) is 65.2 Å². The van der Waals surface area contributed by atoms with Gasteiger partial charge in [-0.25, -0.2) is 0 Å². The van der Waals surface area contributed by atoms with Gasteiger partial charge in [-0.3, -0.25) is 4.79 Å². The van der Waals surface area contributed by atoms with E-state index in [0.717, 1.165) is 5.56 Å². The van der Waals surface area contributed by atoms with Gasteiger partial charge in [0.05, 0.1) is 5.97 Å². The van der Waals surface area contributed by atoms with Crippen LogP contribution in [-0.2, 0) is 9.59 Å². The van der Waals surface area contributed by atoms with Crippen LogP contribution < -0.4 is 15.2 Å². The van der Waals surface area contributed by atoms with Gasteiger partial charge in [0.15, 0.2) is 0 Å².